The molecule has 0 atom stereocenters. The summed E-state index contributed by atoms with van der Waals surface area (Å²) in [6.07, 6.45) is 6.39. The van der Waals surface area contributed by atoms with Crippen molar-refractivity contribution < 1.29 is 20.1 Å². The fourth-order valence-corrected chi connectivity index (χ4v) is 3.61. The second-order valence-corrected chi connectivity index (χ2v) is 7.79. The first-order chi connectivity index (χ1) is 14.5. The lowest BCUT2D eigenvalue weighted by Gasteiger charge is -2.24. The molecule has 0 aromatic heterocycles. The van der Waals surface area contributed by atoms with Gasteiger partial charge in [-0.2, -0.15) is 0 Å². The molecule has 4 heteroatoms. The van der Waals surface area contributed by atoms with Crippen molar-refractivity contribution in [2.75, 3.05) is 0 Å². The van der Waals surface area contributed by atoms with Crippen LogP contribution in [0.15, 0.2) is 48.5 Å². The summed E-state index contributed by atoms with van der Waals surface area (Å²) in [6, 6.07) is 13.7. The lowest BCUT2D eigenvalue weighted by molar-refractivity contribution is 0.0246. The fraction of sp³-hybridized carbons (Fsp3) is 0.462. The largest absolute Gasteiger partial charge is 0.489 e. The van der Waals surface area contributed by atoms with E-state index in [2.05, 4.69) is 25.1 Å². The number of allylic oxidation sites excluding steroid dienone is 2. The van der Waals surface area contributed by atoms with Crippen molar-refractivity contribution in [3.05, 3.63) is 70.8 Å². The van der Waals surface area contributed by atoms with E-state index in [1.807, 2.05) is 32.0 Å². The first-order valence-electron chi connectivity index (χ1n) is 11.0. The summed E-state index contributed by atoms with van der Waals surface area (Å²) in [6.45, 7) is 6.44. The molecule has 2 aromatic carbocycles. The van der Waals surface area contributed by atoms with Crippen LogP contribution < -0.4 is 4.74 Å². The average molecular weight is 413 g/mol. The number of ether oxygens (including phenoxy) is 1. The fourth-order valence-electron chi connectivity index (χ4n) is 3.61. The van der Waals surface area contributed by atoms with Crippen LogP contribution in [0.1, 0.15) is 75.1 Å². The van der Waals surface area contributed by atoms with Gasteiger partial charge in [-0.1, -0.05) is 51.1 Å². The van der Waals surface area contributed by atoms with Crippen LogP contribution in [0.2, 0.25) is 0 Å². The quantitative estimate of drug-likeness (QED) is 0.438. The topological polar surface area (TPSA) is 69.9 Å². The molecule has 0 radical (unpaired) electrons. The standard InChI is InChI=1S/C26H36O4/c1-4-21(11-8-14-26(29,5-2)6-3)22-10-7-9-20(15-22)19-30-25-13-12-23(17-27)24(16-25)18-28/h7,9-13,15-16,27-29H,4-6,8,14,17-19H2,1-3H3/b21-11-. The third-order valence-corrected chi connectivity index (χ3v) is 5.92. The van der Waals surface area contributed by atoms with Crippen molar-refractivity contribution in [3.63, 3.8) is 0 Å². The molecular weight excluding hydrogens is 376 g/mol. The molecule has 0 aliphatic carbocycles. The molecule has 0 aliphatic rings. The summed E-state index contributed by atoms with van der Waals surface area (Å²) in [4.78, 5) is 0. The number of aliphatic hydroxyl groups excluding tert-OH is 2. The molecule has 30 heavy (non-hydrogen) atoms. The Kier molecular flexibility index (Phi) is 9.57. The van der Waals surface area contributed by atoms with Crippen LogP contribution in [-0.4, -0.2) is 20.9 Å². The van der Waals surface area contributed by atoms with Gasteiger partial charge in [0.1, 0.15) is 12.4 Å². The van der Waals surface area contributed by atoms with Gasteiger partial charge in [0.15, 0.2) is 0 Å². The van der Waals surface area contributed by atoms with Crippen molar-refractivity contribution in [2.45, 2.75) is 78.3 Å². The molecule has 4 nitrogen and oxygen atoms in total. The van der Waals surface area contributed by atoms with Crippen LogP contribution in [0, 0.1) is 0 Å². The van der Waals surface area contributed by atoms with E-state index >= 15 is 0 Å². The van der Waals surface area contributed by atoms with Gasteiger partial charge in [0.25, 0.3) is 0 Å². The maximum absolute atomic E-state index is 10.5. The Bertz CT molecular complexity index is 822. The molecule has 0 heterocycles. The molecule has 0 fully saturated rings. The predicted molar refractivity (Wildman–Crippen MR) is 122 cm³/mol. The molecule has 0 aliphatic heterocycles. The Morgan fingerprint density at radius 3 is 2.33 bits per heavy atom. The lowest BCUT2D eigenvalue weighted by Crippen LogP contribution is -2.25. The maximum atomic E-state index is 10.5. The van der Waals surface area contributed by atoms with E-state index in [9.17, 15) is 15.3 Å². The third-order valence-electron chi connectivity index (χ3n) is 5.92. The van der Waals surface area contributed by atoms with Gasteiger partial charge in [0.05, 0.1) is 18.8 Å². The Morgan fingerprint density at radius 1 is 0.967 bits per heavy atom. The van der Waals surface area contributed by atoms with Gasteiger partial charge in [0, 0.05) is 0 Å². The molecule has 2 aromatic rings. The smallest absolute Gasteiger partial charge is 0.120 e. The van der Waals surface area contributed by atoms with Crippen LogP contribution in [0.3, 0.4) is 0 Å². The van der Waals surface area contributed by atoms with Crippen LogP contribution in [0.25, 0.3) is 5.57 Å². The highest BCUT2D eigenvalue weighted by Gasteiger charge is 2.20. The number of hydrogen-bond donors (Lipinski definition) is 3. The zero-order valence-electron chi connectivity index (χ0n) is 18.5. The molecule has 2 rings (SSSR count). The Labute approximate surface area is 180 Å². The van der Waals surface area contributed by atoms with Crippen molar-refractivity contribution in [1.29, 1.82) is 0 Å². The SMILES string of the molecule is CC/C(=C/CCC(O)(CC)CC)c1cccc(COc2ccc(CO)c(CO)c2)c1. The minimum atomic E-state index is -0.565. The van der Waals surface area contributed by atoms with E-state index < -0.39 is 5.60 Å². The Balaban J connectivity index is 2.06. The Morgan fingerprint density at radius 2 is 1.70 bits per heavy atom. The van der Waals surface area contributed by atoms with Gasteiger partial charge in [-0.05, 0) is 78.1 Å². The number of benzene rings is 2. The van der Waals surface area contributed by atoms with Crippen LogP contribution in [0.5, 0.6) is 5.75 Å². The number of rotatable bonds is 12. The highest BCUT2D eigenvalue weighted by atomic mass is 16.5. The van der Waals surface area contributed by atoms with Gasteiger partial charge in [0.2, 0.25) is 0 Å². The summed E-state index contributed by atoms with van der Waals surface area (Å²) >= 11 is 0. The first kappa shape index (κ1) is 24.1. The van der Waals surface area contributed by atoms with E-state index in [4.69, 9.17) is 4.74 Å². The summed E-state index contributed by atoms with van der Waals surface area (Å²) in [5.41, 5.74) is 4.36. The number of aliphatic hydroxyl groups is 3. The van der Waals surface area contributed by atoms with Gasteiger partial charge < -0.3 is 20.1 Å². The van der Waals surface area contributed by atoms with E-state index in [-0.39, 0.29) is 13.2 Å². The molecule has 0 amide bonds. The summed E-state index contributed by atoms with van der Waals surface area (Å²) < 4.78 is 5.91. The van der Waals surface area contributed by atoms with Crippen molar-refractivity contribution >= 4 is 5.57 Å². The van der Waals surface area contributed by atoms with Crippen LogP contribution in [-0.2, 0) is 19.8 Å². The molecule has 0 spiro atoms. The maximum Gasteiger partial charge on any atom is 0.120 e. The van der Waals surface area contributed by atoms with E-state index in [0.29, 0.717) is 23.5 Å². The van der Waals surface area contributed by atoms with Crippen LogP contribution >= 0.6 is 0 Å². The second kappa shape index (κ2) is 11.9. The highest BCUT2D eigenvalue weighted by Crippen LogP contribution is 2.26. The zero-order chi connectivity index (χ0) is 22.0. The van der Waals surface area contributed by atoms with E-state index in [0.717, 1.165) is 37.7 Å². The average Bonchev–Trinajstić information content (AvgIpc) is 2.80. The monoisotopic (exact) mass is 412 g/mol. The third kappa shape index (κ3) is 6.69. The molecule has 0 saturated carbocycles. The lowest BCUT2D eigenvalue weighted by atomic mass is 9.90. The first-order valence-corrected chi connectivity index (χ1v) is 11.0. The summed E-state index contributed by atoms with van der Waals surface area (Å²) in [7, 11) is 0. The molecule has 0 bridgehead atoms. The predicted octanol–water partition coefficient (Wildman–Crippen LogP) is 5.37. The summed E-state index contributed by atoms with van der Waals surface area (Å²) in [5, 5.41) is 29.3. The van der Waals surface area contributed by atoms with Gasteiger partial charge >= 0.3 is 0 Å². The normalized spacial score (nSPS) is 12.3. The molecular formula is C26H36O4. The van der Waals surface area contributed by atoms with E-state index in [1.165, 1.54) is 11.1 Å². The molecule has 164 valence electrons. The highest BCUT2D eigenvalue weighted by molar-refractivity contribution is 5.65. The van der Waals surface area contributed by atoms with Crippen LogP contribution in [0.4, 0.5) is 0 Å². The van der Waals surface area contributed by atoms with Gasteiger partial charge in [-0.15, -0.1) is 0 Å². The number of hydrogen-bond acceptors (Lipinski definition) is 4. The summed E-state index contributed by atoms with van der Waals surface area (Å²) in [5.74, 6) is 0.673. The molecule has 0 unspecified atom stereocenters. The van der Waals surface area contributed by atoms with Crippen molar-refractivity contribution in [2.24, 2.45) is 0 Å². The van der Waals surface area contributed by atoms with Gasteiger partial charge in [-0.25, -0.2) is 0 Å². The van der Waals surface area contributed by atoms with Gasteiger partial charge in [-0.3, -0.25) is 0 Å². The van der Waals surface area contributed by atoms with E-state index in [1.54, 1.807) is 12.1 Å². The zero-order valence-corrected chi connectivity index (χ0v) is 18.5. The molecule has 3 N–H and O–H groups in total. The Hall–Kier alpha value is -2.14. The minimum Gasteiger partial charge on any atom is -0.489 e. The molecule has 0 saturated heterocycles. The van der Waals surface area contributed by atoms with Crippen molar-refractivity contribution in [3.8, 4) is 5.75 Å². The second-order valence-electron chi connectivity index (χ2n) is 7.79. The minimum absolute atomic E-state index is 0.0989. The van der Waals surface area contributed by atoms with Crippen molar-refractivity contribution in [1.82, 2.24) is 0 Å².